The number of hydrogen-bond acceptors (Lipinski definition) is 7. The van der Waals surface area contributed by atoms with Gasteiger partial charge in [0, 0.05) is 18.4 Å². The molecular formula is C27H30N4O3. The van der Waals surface area contributed by atoms with Gasteiger partial charge in [0.25, 0.3) is 0 Å². The Morgan fingerprint density at radius 3 is 2.65 bits per heavy atom. The van der Waals surface area contributed by atoms with Crippen LogP contribution in [0.1, 0.15) is 54.6 Å². The van der Waals surface area contributed by atoms with E-state index in [1.54, 1.807) is 6.92 Å². The highest BCUT2D eigenvalue weighted by atomic mass is 16.6. The van der Waals surface area contributed by atoms with Gasteiger partial charge < -0.3 is 15.3 Å². The van der Waals surface area contributed by atoms with Gasteiger partial charge in [-0.05, 0) is 49.3 Å². The lowest BCUT2D eigenvalue weighted by molar-refractivity contribution is -0.143. The number of aromatic nitrogens is 2. The van der Waals surface area contributed by atoms with E-state index in [-0.39, 0.29) is 17.8 Å². The molecule has 4 rings (SSSR count). The van der Waals surface area contributed by atoms with Crippen LogP contribution in [-0.2, 0) is 20.8 Å². The van der Waals surface area contributed by atoms with Crippen molar-refractivity contribution in [1.82, 2.24) is 9.97 Å². The topological polar surface area (TPSA) is 99.7 Å². The lowest BCUT2D eigenvalue weighted by Crippen LogP contribution is -2.24. The Morgan fingerprint density at radius 2 is 1.85 bits per heavy atom. The number of fused-ring (bicyclic) bond motifs is 1. The number of aryl methyl sites for hydroxylation is 1. The summed E-state index contributed by atoms with van der Waals surface area (Å²) in [4.78, 5) is 26.1. The second-order valence-corrected chi connectivity index (χ2v) is 8.33. The van der Waals surface area contributed by atoms with Crippen molar-refractivity contribution < 1.29 is 14.4 Å². The van der Waals surface area contributed by atoms with E-state index in [9.17, 15) is 4.79 Å². The Bertz CT molecular complexity index is 1180. The number of nitrogens with zero attached hydrogens (tertiary/aromatic N) is 3. The van der Waals surface area contributed by atoms with Crippen LogP contribution in [0, 0.1) is 6.92 Å². The van der Waals surface area contributed by atoms with E-state index >= 15 is 0 Å². The summed E-state index contributed by atoms with van der Waals surface area (Å²) in [5, 5.41) is 4.48. The van der Waals surface area contributed by atoms with Crippen LogP contribution in [0.3, 0.4) is 0 Å². The SMILES string of the molecule is CCOC(=O)CCCO/N=C1\CC(c2ccccc2-c2ccccc2)Cc2nc(N)nc(C)c21. The molecule has 0 aliphatic heterocycles. The molecule has 0 saturated carbocycles. The van der Waals surface area contributed by atoms with Gasteiger partial charge in [-0.2, -0.15) is 0 Å². The molecule has 1 atom stereocenters. The van der Waals surface area contributed by atoms with Crippen molar-refractivity contribution in [3.63, 3.8) is 0 Å². The number of rotatable bonds is 8. The molecule has 1 unspecified atom stereocenters. The second-order valence-electron chi connectivity index (χ2n) is 8.33. The van der Waals surface area contributed by atoms with Crippen molar-refractivity contribution in [2.45, 2.75) is 45.4 Å². The predicted molar refractivity (Wildman–Crippen MR) is 132 cm³/mol. The van der Waals surface area contributed by atoms with Gasteiger partial charge in [0.1, 0.15) is 6.61 Å². The van der Waals surface area contributed by atoms with Gasteiger partial charge in [0.05, 0.1) is 23.7 Å². The fraction of sp³-hybridized carbons (Fsp3) is 0.333. The van der Waals surface area contributed by atoms with E-state index in [4.69, 9.17) is 15.3 Å². The summed E-state index contributed by atoms with van der Waals surface area (Å²) in [5.41, 5.74) is 13.0. The number of nitrogen functional groups attached to an aromatic ring is 1. The molecular weight excluding hydrogens is 428 g/mol. The molecule has 1 aromatic heterocycles. The maximum atomic E-state index is 11.6. The molecule has 0 fully saturated rings. The zero-order valence-electron chi connectivity index (χ0n) is 19.7. The highest BCUT2D eigenvalue weighted by Gasteiger charge is 2.30. The standard InChI is InChI=1S/C27H30N4O3/c1-3-33-25(32)14-9-15-34-31-24-17-20(16-23-26(24)18(2)29-27(28)30-23)22-13-8-7-12-21(22)19-10-5-4-6-11-19/h4-8,10-13,20H,3,9,14-17H2,1-2H3,(H2,28,29,30)/b31-24+. The summed E-state index contributed by atoms with van der Waals surface area (Å²) in [5.74, 6) is 0.210. The van der Waals surface area contributed by atoms with E-state index < -0.39 is 0 Å². The molecule has 0 radical (unpaired) electrons. The molecule has 2 aromatic carbocycles. The van der Waals surface area contributed by atoms with E-state index in [1.807, 2.05) is 13.0 Å². The lowest BCUT2D eigenvalue weighted by Gasteiger charge is -2.28. The summed E-state index contributed by atoms with van der Waals surface area (Å²) < 4.78 is 4.96. The van der Waals surface area contributed by atoms with Gasteiger partial charge in [-0.1, -0.05) is 59.8 Å². The first-order valence-electron chi connectivity index (χ1n) is 11.7. The van der Waals surface area contributed by atoms with Gasteiger partial charge >= 0.3 is 5.97 Å². The zero-order chi connectivity index (χ0) is 23.9. The maximum absolute atomic E-state index is 11.6. The number of nitrogens with two attached hydrogens (primary N) is 1. The van der Waals surface area contributed by atoms with Crippen LogP contribution in [-0.4, -0.2) is 34.9 Å². The number of benzene rings is 2. The van der Waals surface area contributed by atoms with Crippen LogP contribution in [0.15, 0.2) is 59.8 Å². The quantitative estimate of drug-likeness (QED) is 0.295. The fourth-order valence-corrected chi connectivity index (χ4v) is 4.49. The number of anilines is 1. The van der Waals surface area contributed by atoms with Crippen molar-refractivity contribution in [3.05, 3.63) is 77.1 Å². The minimum Gasteiger partial charge on any atom is -0.466 e. The van der Waals surface area contributed by atoms with Crippen LogP contribution in [0.25, 0.3) is 11.1 Å². The van der Waals surface area contributed by atoms with Crippen LogP contribution in [0.5, 0.6) is 0 Å². The summed E-state index contributed by atoms with van der Waals surface area (Å²) in [6.07, 6.45) is 2.29. The van der Waals surface area contributed by atoms with Crippen molar-refractivity contribution >= 4 is 17.6 Å². The van der Waals surface area contributed by atoms with Crippen molar-refractivity contribution in [1.29, 1.82) is 0 Å². The van der Waals surface area contributed by atoms with Crippen molar-refractivity contribution in [2.75, 3.05) is 18.9 Å². The van der Waals surface area contributed by atoms with E-state index in [0.717, 1.165) is 29.1 Å². The number of ether oxygens (including phenoxy) is 1. The Hall–Kier alpha value is -3.74. The second kappa shape index (κ2) is 10.9. The molecule has 1 aliphatic rings. The third-order valence-corrected chi connectivity index (χ3v) is 5.93. The summed E-state index contributed by atoms with van der Waals surface area (Å²) in [7, 11) is 0. The van der Waals surface area contributed by atoms with E-state index in [1.165, 1.54) is 16.7 Å². The molecule has 1 aliphatic carbocycles. The number of carbonyl (C=O) groups excluding carboxylic acids is 1. The smallest absolute Gasteiger partial charge is 0.305 e. The largest absolute Gasteiger partial charge is 0.466 e. The molecule has 0 amide bonds. The first kappa shape index (κ1) is 23.4. The third kappa shape index (κ3) is 5.42. The summed E-state index contributed by atoms with van der Waals surface area (Å²) in [6.45, 7) is 4.43. The Labute approximate surface area is 200 Å². The molecule has 3 aromatic rings. The molecule has 7 nitrogen and oxygen atoms in total. The predicted octanol–water partition coefficient (Wildman–Crippen LogP) is 4.83. The third-order valence-electron chi connectivity index (χ3n) is 5.93. The monoisotopic (exact) mass is 458 g/mol. The van der Waals surface area contributed by atoms with Crippen LogP contribution in [0.2, 0.25) is 0 Å². The van der Waals surface area contributed by atoms with Crippen LogP contribution in [0.4, 0.5) is 5.95 Å². The number of carbonyl (C=O) groups is 1. The van der Waals surface area contributed by atoms with Crippen molar-refractivity contribution in [3.8, 4) is 11.1 Å². The zero-order valence-corrected chi connectivity index (χ0v) is 19.7. The minimum atomic E-state index is -0.223. The number of esters is 1. The lowest BCUT2D eigenvalue weighted by atomic mass is 9.78. The van der Waals surface area contributed by atoms with E-state index in [2.05, 4.69) is 63.7 Å². The molecule has 0 saturated heterocycles. The first-order valence-corrected chi connectivity index (χ1v) is 11.7. The van der Waals surface area contributed by atoms with Gasteiger partial charge in [-0.25, -0.2) is 9.97 Å². The first-order chi connectivity index (χ1) is 16.6. The highest BCUT2D eigenvalue weighted by Crippen LogP contribution is 2.38. The Morgan fingerprint density at radius 1 is 1.09 bits per heavy atom. The Kier molecular flexibility index (Phi) is 7.52. The molecule has 0 spiro atoms. The average molecular weight is 459 g/mol. The molecule has 1 heterocycles. The van der Waals surface area contributed by atoms with Crippen LogP contribution < -0.4 is 5.73 Å². The number of oxime groups is 1. The maximum Gasteiger partial charge on any atom is 0.305 e. The minimum absolute atomic E-state index is 0.166. The highest BCUT2D eigenvalue weighted by molar-refractivity contribution is 6.03. The van der Waals surface area contributed by atoms with Gasteiger partial charge in [-0.3, -0.25) is 4.79 Å². The fourth-order valence-electron chi connectivity index (χ4n) is 4.49. The van der Waals surface area contributed by atoms with Gasteiger partial charge in [0.2, 0.25) is 5.95 Å². The van der Waals surface area contributed by atoms with E-state index in [0.29, 0.717) is 32.5 Å². The Balaban J connectivity index is 1.61. The molecule has 2 N–H and O–H groups in total. The molecule has 176 valence electrons. The normalized spacial score (nSPS) is 16.2. The van der Waals surface area contributed by atoms with Gasteiger partial charge in [0.15, 0.2) is 0 Å². The average Bonchev–Trinajstić information content (AvgIpc) is 2.84. The van der Waals surface area contributed by atoms with Crippen molar-refractivity contribution in [2.24, 2.45) is 5.16 Å². The summed E-state index contributed by atoms with van der Waals surface area (Å²) >= 11 is 0. The molecule has 7 heteroatoms. The van der Waals surface area contributed by atoms with Gasteiger partial charge in [-0.15, -0.1) is 0 Å². The summed E-state index contributed by atoms with van der Waals surface area (Å²) in [6, 6.07) is 18.8. The molecule has 34 heavy (non-hydrogen) atoms. The molecule has 0 bridgehead atoms. The van der Waals surface area contributed by atoms with Crippen LogP contribution >= 0.6 is 0 Å². The number of hydrogen-bond donors (Lipinski definition) is 1.